The number of carbonyl (C=O) groups excluding carboxylic acids is 1. The van der Waals surface area contributed by atoms with Crippen molar-refractivity contribution in [3.05, 3.63) is 41.3 Å². The lowest BCUT2D eigenvalue weighted by Gasteiger charge is -2.13. The second-order valence-corrected chi connectivity index (χ2v) is 6.19. The summed E-state index contributed by atoms with van der Waals surface area (Å²) in [5.74, 6) is 0.843. The fourth-order valence-electron chi connectivity index (χ4n) is 2.59. The summed E-state index contributed by atoms with van der Waals surface area (Å²) in [5.41, 5.74) is 1.39. The molecule has 5 nitrogen and oxygen atoms in total. The van der Waals surface area contributed by atoms with E-state index >= 15 is 0 Å². The van der Waals surface area contributed by atoms with Gasteiger partial charge in [0.2, 0.25) is 0 Å². The third kappa shape index (κ3) is 3.78. The van der Waals surface area contributed by atoms with E-state index < -0.39 is 0 Å². The van der Waals surface area contributed by atoms with Crippen molar-refractivity contribution in [3.8, 4) is 0 Å². The van der Waals surface area contributed by atoms with Gasteiger partial charge in [-0.3, -0.25) is 4.79 Å². The highest BCUT2D eigenvalue weighted by molar-refractivity contribution is 6.22. The number of carbonyl (C=O) groups is 1. The van der Waals surface area contributed by atoms with Gasteiger partial charge in [-0.25, -0.2) is 0 Å². The second kappa shape index (κ2) is 7.11. The van der Waals surface area contributed by atoms with Crippen LogP contribution in [0.2, 0.25) is 0 Å². The number of amides is 1. The van der Waals surface area contributed by atoms with Crippen LogP contribution in [0.5, 0.6) is 0 Å². The minimum Gasteiger partial charge on any atom is -0.381 e. The summed E-state index contributed by atoms with van der Waals surface area (Å²) in [6.45, 7) is 2.10. The Morgan fingerprint density at radius 1 is 1.50 bits per heavy atom. The lowest BCUT2D eigenvalue weighted by atomic mass is 10.0. The number of nitrogens with one attached hydrogen (secondary N) is 1. The monoisotopic (exact) mass is 322 g/mol. The minimum absolute atomic E-state index is 0.0188. The highest BCUT2D eigenvalue weighted by atomic mass is 35.5. The summed E-state index contributed by atoms with van der Waals surface area (Å²) in [5, 5.41) is 6.70. The van der Waals surface area contributed by atoms with Crippen LogP contribution in [0.4, 0.5) is 0 Å². The Labute approximate surface area is 134 Å². The van der Waals surface area contributed by atoms with Crippen LogP contribution in [-0.4, -0.2) is 36.2 Å². The molecule has 0 bridgehead atoms. The zero-order valence-electron chi connectivity index (χ0n) is 12.3. The molecule has 0 saturated carbocycles. The van der Waals surface area contributed by atoms with Gasteiger partial charge in [-0.1, -0.05) is 23.4 Å². The Hall–Kier alpha value is -1.59. The van der Waals surface area contributed by atoms with Crippen LogP contribution in [0, 0.1) is 5.92 Å². The molecule has 1 saturated heterocycles. The SMILES string of the molecule is O=C(NCC1CCOC1)c1cc(CC2=CC=CCC2Cl)on1. The molecule has 1 aliphatic carbocycles. The summed E-state index contributed by atoms with van der Waals surface area (Å²) < 4.78 is 10.5. The summed E-state index contributed by atoms with van der Waals surface area (Å²) in [4.78, 5) is 12.0. The third-order valence-corrected chi connectivity index (χ3v) is 4.40. The maximum atomic E-state index is 12.0. The third-order valence-electron chi connectivity index (χ3n) is 3.94. The Morgan fingerprint density at radius 3 is 3.18 bits per heavy atom. The molecule has 1 aliphatic heterocycles. The van der Waals surface area contributed by atoms with E-state index in [4.69, 9.17) is 20.9 Å². The van der Waals surface area contributed by atoms with Crippen LogP contribution in [0.3, 0.4) is 0 Å². The van der Waals surface area contributed by atoms with Gasteiger partial charge < -0.3 is 14.6 Å². The van der Waals surface area contributed by atoms with Crippen LogP contribution in [0.25, 0.3) is 0 Å². The van der Waals surface area contributed by atoms with Crippen molar-refractivity contribution >= 4 is 17.5 Å². The van der Waals surface area contributed by atoms with Gasteiger partial charge in [-0.15, -0.1) is 11.6 Å². The molecule has 6 heteroatoms. The van der Waals surface area contributed by atoms with Crippen molar-refractivity contribution in [2.24, 2.45) is 5.92 Å². The average molecular weight is 323 g/mol. The first-order chi connectivity index (χ1) is 10.7. The Bertz CT molecular complexity index is 588. The van der Waals surface area contributed by atoms with Gasteiger partial charge in [0.15, 0.2) is 5.69 Å². The number of halogens is 1. The molecule has 1 N–H and O–H groups in total. The topological polar surface area (TPSA) is 64.4 Å². The zero-order valence-corrected chi connectivity index (χ0v) is 13.0. The average Bonchev–Trinajstić information content (AvgIpc) is 3.19. The van der Waals surface area contributed by atoms with Gasteiger partial charge >= 0.3 is 0 Å². The van der Waals surface area contributed by atoms with Crippen molar-refractivity contribution in [2.45, 2.75) is 24.6 Å². The van der Waals surface area contributed by atoms with Crippen LogP contribution < -0.4 is 5.32 Å². The molecule has 0 aromatic carbocycles. The van der Waals surface area contributed by atoms with E-state index in [2.05, 4.69) is 10.5 Å². The van der Waals surface area contributed by atoms with E-state index in [1.807, 2.05) is 18.2 Å². The number of ether oxygens (including phenoxy) is 1. The molecule has 118 valence electrons. The van der Waals surface area contributed by atoms with Gasteiger partial charge in [-0.05, 0) is 18.4 Å². The van der Waals surface area contributed by atoms with E-state index in [1.165, 1.54) is 0 Å². The molecule has 2 unspecified atom stereocenters. The van der Waals surface area contributed by atoms with Crippen molar-refractivity contribution in [3.63, 3.8) is 0 Å². The summed E-state index contributed by atoms with van der Waals surface area (Å²) in [7, 11) is 0. The molecule has 0 radical (unpaired) electrons. The Kier molecular flexibility index (Phi) is 4.95. The fraction of sp³-hybridized carbons (Fsp3) is 0.500. The van der Waals surface area contributed by atoms with Crippen molar-refractivity contribution in [1.82, 2.24) is 10.5 Å². The summed E-state index contributed by atoms with van der Waals surface area (Å²) in [6, 6.07) is 1.68. The van der Waals surface area contributed by atoms with Crippen molar-refractivity contribution in [1.29, 1.82) is 0 Å². The van der Waals surface area contributed by atoms with Gasteiger partial charge in [0.1, 0.15) is 5.76 Å². The number of allylic oxidation sites excluding steroid dienone is 4. The molecule has 2 heterocycles. The first-order valence-corrected chi connectivity index (χ1v) is 7.97. The first kappa shape index (κ1) is 15.3. The van der Waals surface area contributed by atoms with E-state index in [-0.39, 0.29) is 11.3 Å². The quantitative estimate of drug-likeness (QED) is 0.846. The second-order valence-electron chi connectivity index (χ2n) is 5.67. The predicted octanol–water partition coefficient (Wildman–Crippen LogP) is 2.48. The lowest BCUT2D eigenvalue weighted by molar-refractivity contribution is 0.0936. The van der Waals surface area contributed by atoms with Crippen LogP contribution >= 0.6 is 11.6 Å². The molecular weight excluding hydrogens is 304 g/mol. The molecule has 22 heavy (non-hydrogen) atoms. The fourth-order valence-corrected chi connectivity index (χ4v) is 2.84. The number of aromatic nitrogens is 1. The molecule has 0 spiro atoms. The maximum Gasteiger partial charge on any atom is 0.273 e. The number of rotatable bonds is 5. The minimum atomic E-state index is -0.207. The standard InChI is InChI=1S/C16H19ClN2O3/c17-14-4-2-1-3-12(14)7-13-8-15(19-22-13)16(20)18-9-11-5-6-21-10-11/h1-3,8,11,14H,4-7,9-10H2,(H,18,20). The molecule has 3 rings (SSSR count). The van der Waals surface area contributed by atoms with E-state index in [1.54, 1.807) is 6.07 Å². The van der Waals surface area contributed by atoms with Crippen molar-refractivity contribution in [2.75, 3.05) is 19.8 Å². The summed E-state index contributed by atoms with van der Waals surface area (Å²) in [6.07, 6.45) is 8.40. The Balaban J connectivity index is 1.54. The van der Waals surface area contributed by atoms with Gasteiger partial charge in [0.05, 0.1) is 12.0 Å². The molecule has 1 fully saturated rings. The molecule has 1 aromatic heterocycles. The molecule has 2 atom stereocenters. The highest BCUT2D eigenvalue weighted by Gasteiger charge is 2.20. The lowest BCUT2D eigenvalue weighted by Crippen LogP contribution is -2.29. The summed E-state index contributed by atoms with van der Waals surface area (Å²) >= 11 is 6.25. The van der Waals surface area contributed by atoms with Gasteiger partial charge in [0, 0.05) is 31.6 Å². The maximum absolute atomic E-state index is 12.0. The Morgan fingerprint density at radius 2 is 2.41 bits per heavy atom. The number of hydrogen-bond donors (Lipinski definition) is 1. The molecule has 1 aromatic rings. The number of hydrogen-bond acceptors (Lipinski definition) is 4. The van der Waals surface area contributed by atoms with Crippen LogP contribution in [0.15, 0.2) is 34.4 Å². The van der Waals surface area contributed by atoms with Gasteiger partial charge in [0.25, 0.3) is 5.91 Å². The van der Waals surface area contributed by atoms with Crippen LogP contribution in [0.1, 0.15) is 29.1 Å². The van der Waals surface area contributed by atoms with Crippen molar-refractivity contribution < 1.29 is 14.1 Å². The smallest absolute Gasteiger partial charge is 0.273 e. The zero-order chi connectivity index (χ0) is 15.4. The largest absolute Gasteiger partial charge is 0.381 e. The molecular formula is C16H19ClN2O3. The molecule has 2 aliphatic rings. The number of nitrogens with zero attached hydrogens (tertiary/aromatic N) is 1. The predicted molar refractivity (Wildman–Crippen MR) is 82.9 cm³/mol. The van der Waals surface area contributed by atoms with E-state index in [9.17, 15) is 4.79 Å². The van der Waals surface area contributed by atoms with Crippen LogP contribution in [-0.2, 0) is 11.2 Å². The number of alkyl halides is 1. The first-order valence-electron chi connectivity index (χ1n) is 7.53. The highest BCUT2D eigenvalue weighted by Crippen LogP contribution is 2.23. The van der Waals surface area contributed by atoms with E-state index in [0.29, 0.717) is 36.9 Å². The van der Waals surface area contributed by atoms with Gasteiger partial charge in [-0.2, -0.15) is 0 Å². The molecule has 1 amide bonds. The normalized spacial score (nSPS) is 24.3. The van der Waals surface area contributed by atoms with E-state index in [0.717, 1.165) is 25.0 Å².